The number of benzene rings is 1. The zero-order valence-corrected chi connectivity index (χ0v) is 9.10. The fraction of sp³-hybridized carbons (Fsp3) is 0.417. The summed E-state index contributed by atoms with van der Waals surface area (Å²) in [5.74, 6) is 0.672. The lowest BCUT2D eigenvalue weighted by Gasteiger charge is -2.08. The molecule has 1 N–H and O–H groups in total. The fourth-order valence-corrected chi connectivity index (χ4v) is 2.01. The van der Waals surface area contributed by atoms with Gasteiger partial charge in [-0.3, -0.25) is 4.79 Å². The van der Waals surface area contributed by atoms with Crippen LogP contribution in [0.3, 0.4) is 0 Å². The van der Waals surface area contributed by atoms with E-state index in [1.54, 1.807) is 0 Å². The van der Waals surface area contributed by atoms with Gasteiger partial charge in [-0.05, 0) is 38.2 Å². The third-order valence-corrected chi connectivity index (χ3v) is 2.98. The van der Waals surface area contributed by atoms with E-state index < -0.39 is 0 Å². The molecule has 1 saturated carbocycles. The van der Waals surface area contributed by atoms with Crippen molar-refractivity contribution >= 4 is 12.1 Å². The average molecular weight is 204 g/mol. The van der Waals surface area contributed by atoms with Gasteiger partial charge in [-0.15, -0.1) is 0 Å². The molecule has 1 aliphatic rings. The number of carbonyl (C=O) groups is 1. The topological polar surface area (TPSA) is 32.3 Å². The normalized spacial score (nSPS) is 23.9. The Bertz CT molecular complexity index is 345. The van der Waals surface area contributed by atoms with Crippen LogP contribution >= 0.6 is 0 Å². The van der Waals surface area contributed by atoms with Crippen molar-refractivity contribution in [1.29, 1.82) is 0 Å². The summed E-state index contributed by atoms with van der Waals surface area (Å²) in [6, 6.07) is 8.79. The van der Waals surface area contributed by atoms with Gasteiger partial charge in [0.15, 0.2) is 0 Å². The van der Waals surface area contributed by atoms with Gasteiger partial charge in [-0.25, -0.2) is 0 Å². The number of anilines is 1. The molecule has 15 heavy (non-hydrogen) atoms. The zero-order chi connectivity index (χ0) is 10.8. The van der Waals surface area contributed by atoms with E-state index >= 15 is 0 Å². The quantitative estimate of drug-likeness (QED) is 0.757. The molecule has 3 nitrogen and oxygen atoms in total. The third-order valence-electron chi connectivity index (χ3n) is 2.98. The number of nitrogens with one attached hydrogen (secondary N) is 1. The van der Waals surface area contributed by atoms with Crippen LogP contribution in [0.15, 0.2) is 24.3 Å². The number of amides is 1. The first kappa shape index (κ1) is 10.2. The molecule has 0 bridgehead atoms. The van der Waals surface area contributed by atoms with E-state index in [0.717, 1.165) is 5.69 Å². The first-order valence-corrected chi connectivity index (χ1v) is 5.19. The van der Waals surface area contributed by atoms with Crippen molar-refractivity contribution in [3.8, 4) is 0 Å². The second-order valence-corrected chi connectivity index (χ2v) is 4.26. The van der Waals surface area contributed by atoms with E-state index in [4.69, 9.17) is 0 Å². The van der Waals surface area contributed by atoms with E-state index in [0.29, 0.717) is 18.4 Å². The Morgan fingerprint density at radius 1 is 1.33 bits per heavy atom. The van der Waals surface area contributed by atoms with Crippen LogP contribution in [0.1, 0.15) is 17.9 Å². The monoisotopic (exact) mass is 204 g/mol. The van der Waals surface area contributed by atoms with E-state index in [2.05, 4.69) is 36.4 Å². The van der Waals surface area contributed by atoms with Crippen molar-refractivity contribution in [3.63, 3.8) is 0 Å². The maximum Gasteiger partial charge on any atom is 0.211 e. The van der Waals surface area contributed by atoms with E-state index in [1.807, 2.05) is 12.1 Å². The van der Waals surface area contributed by atoms with Crippen LogP contribution in [0.5, 0.6) is 0 Å². The molecular formula is C12H16N2O. The van der Waals surface area contributed by atoms with Gasteiger partial charge >= 0.3 is 0 Å². The van der Waals surface area contributed by atoms with Crippen LogP contribution in [-0.4, -0.2) is 31.4 Å². The lowest BCUT2D eigenvalue weighted by molar-refractivity contribution is -0.105. The van der Waals surface area contributed by atoms with Crippen LogP contribution in [0.2, 0.25) is 0 Å². The molecule has 0 aromatic heterocycles. The lowest BCUT2D eigenvalue weighted by Crippen LogP contribution is -2.15. The van der Waals surface area contributed by atoms with E-state index in [1.165, 1.54) is 12.0 Å². The fourth-order valence-electron chi connectivity index (χ4n) is 2.01. The molecule has 1 amide bonds. The van der Waals surface area contributed by atoms with Crippen molar-refractivity contribution in [2.75, 3.05) is 19.4 Å². The minimum Gasteiger partial charge on any atom is -0.329 e. The summed E-state index contributed by atoms with van der Waals surface area (Å²) < 4.78 is 0. The molecule has 80 valence electrons. The molecule has 0 aliphatic heterocycles. The van der Waals surface area contributed by atoms with Crippen molar-refractivity contribution in [2.24, 2.45) is 0 Å². The summed E-state index contributed by atoms with van der Waals surface area (Å²) in [6.45, 7) is 0. The molecule has 0 saturated heterocycles. The van der Waals surface area contributed by atoms with Crippen LogP contribution in [0, 0.1) is 0 Å². The minimum absolute atomic E-state index is 0.672. The smallest absolute Gasteiger partial charge is 0.211 e. The highest BCUT2D eigenvalue weighted by Crippen LogP contribution is 2.43. The number of carbonyl (C=O) groups excluding carboxylic acids is 1. The highest BCUT2D eigenvalue weighted by molar-refractivity contribution is 5.71. The molecule has 0 spiro atoms. The van der Waals surface area contributed by atoms with Gasteiger partial charge in [0.05, 0.1) is 0 Å². The lowest BCUT2D eigenvalue weighted by atomic mass is 10.1. The van der Waals surface area contributed by atoms with Crippen LogP contribution < -0.4 is 5.32 Å². The molecule has 1 aliphatic carbocycles. The van der Waals surface area contributed by atoms with Gasteiger partial charge < -0.3 is 10.2 Å². The Kier molecular flexibility index (Phi) is 2.73. The van der Waals surface area contributed by atoms with Crippen LogP contribution in [0.4, 0.5) is 5.69 Å². The Balaban J connectivity index is 2.02. The molecule has 2 atom stereocenters. The van der Waals surface area contributed by atoms with Gasteiger partial charge in [0, 0.05) is 17.6 Å². The first-order chi connectivity index (χ1) is 7.22. The predicted octanol–water partition coefficient (Wildman–Crippen LogP) is 1.67. The second kappa shape index (κ2) is 4.03. The molecule has 1 fully saturated rings. The molecule has 2 rings (SSSR count). The molecule has 1 aromatic rings. The van der Waals surface area contributed by atoms with Gasteiger partial charge in [-0.1, -0.05) is 12.1 Å². The maximum absolute atomic E-state index is 10.2. The maximum atomic E-state index is 10.2. The molecule has 3 heteroatoms. The second-order valence-electron chi connectivity index (χ2n) is 4.26. The summed E-state index contributed by atoms with van der Waals surface area (Å²) in [5.41, 5.74) is 2.22. The number of hydrogen-bond acceptors (Lipinski definition) is 2. The predicted molar refractivity (Wildman–Crippen MR) is 61.0 cm³/mol. The molecule has 1 aromatic carbocycles. The van der Waals surface area contributed by atoms with Crippen LogP contribution in [0.25, 0.3) is 0 Å². The molecular weight excluding hydrogens is 188 g/mol. The summed E-state index contributed by atoms with van der Waals surface area (Å²) in [7, 11) is 4.24. The van der Waals surface area contributed by atoms with Gasteiger partial charge in [-0.2, -0.15) is 0 Å². The third kappa shape index (κ3) is 2.18. The average Bonchev–Trinajstić information content (AvgIpc) is 2.99. The van der Waals surface area contributed by atoms with Gasteiger partial charge in [0.2, 0.25) is 6.41 Å². The molecule has 0 radical (unpaired) electrons. The van der Waals surface area contributed by atoms with E-state index in [9.17, 15) is 4.79 Å². The Labute approximate surface area is 90.1 Å². The number of hydrogen-bond donors (Lipinski definition) is 1. The zero-order valence-electron chi connectivity index (χ0n) is 9.10. The standard InChI is InChI=1S/C12H16N2O/c1-14(2)12-7-11(12)9-3-5-10(6-4-9)13-8-15/h3-6,8,11-12H,7H2,1-2H3,(H,13,15). The van der Waals surface area contributed by atoms with E-state index in [-0.39, 0.29) is 0 Å². The summed E-state index contributed by atoms with van der Waals surface area (Å²) in [6.07, 6.45) is 1.95. The SMILES string of the molecule is CN(C)C1CC1c1ccc(NC=O)cc1. The Morgan fingerprint density at radius 3 is 2.47 bits per heavy atom. The van der Waals surface area contributed by atoms with Crippen molar-refractivity contribution < 1.29 is 4.79 Å². The molecule has 2 unspecified atom stereocenters. The number of rotatable bonds is 4. The number of nitrogens with zero attached hydrogens (tertiary/aromatic N) is 1. The Morgan fingerprint density at radius 2 is 2.00 bits per heavy atom. The first-order valence-electron chi connectivity index (χ1n) is 5.19. The minimum atomic E-state index is 0.672. The van der Waals surface area contributed by atoms with Crippen molar-refractivity contribution in [3.05, 3.63) is 29.8 Å². The van der Waals surface area contributed by atoms with Crippen LogP contribution in [-0.2, 0) is 4.79 Å². The molecule has 0 heterocycles. The highest BCUT2D eigenvalue weighted by Gasteiger charge is 2.39. The summed E-state index contributed by atoms with van der Waals surface area (Å²) >= 11 is 0. The summed E-state index contributed by atoms with van der Waals surface area (Å²) in [5, 5.41) is 2.64. The highest BCUT2D eigenvalue weighted by atomic mass is 16.1. The van der Waals surface area contributed by atoms with Gasteiger partial charge in [0.1, 0.15) is 0 Å². The summed E-state index contributed by atoms with van der Waals surface area (Å²) in [4.78, 5) is 12.5. The van der Waals surface area contributed by atoms with Crippen molar-refractivity contribution in [1.82, 2.24) is 4.90 Å². The van der Waals surface area contributed by atoms with Crippen molar-refractivity contribution in [2.45, 2.75) is 18.4 Å². The largest absolute Gasteiger partial charge is 0.329 e. The van der Waals surface area contributed by atoms with Gasteiger partial charge in [0.25, 0.3) is 0 Å². The number of likely N-dealkylation sites (N-methyl/N-ethyl adjacent to an activating group) is 1. The Hall–Kier alpha value is -1.35.